The van der Waals surface area contributed by atoms with E-state index in [4.69, 9.17) is 11.6 Å². The first-order valence-electron chi connectivity index (χ1n) is 7.23. The summed E-state index contributed by atoms with van der Waals surface area (Å²) in [7, 11) is 0. The molecule has 0 amide bonds. The fourth-order valence-corrected chi connectivity index (χ4v) is 2.87. The van der Waals surface area contributed by atoms with E-state index in [1.807, 2.05) is 34.9 Å². The number of nitrogens with zero attached hydrogens (tertiary/aromatic N) is 5. The van der Waals surface area contributed by atoms with Gasteiger partial charge in [0.25, 0.3) is 0 Å². The minimum absolute atomic E-state index is 0.717. The molecule has 112 valence electrons. The van der Waals surface area contributed by atoms with Crippen molar-refractivity contribution in [2.45, 2.75) is 0 Å². The number of fused-ring (bicyclic) bond motifs is 1. The van der Waals surface area contributed by atoms with Crippen molar-refractivity contribution in [3.63, 3.8) is 0 Å². The Morgan fingerprint density at radius 3 is 2.64 bits per heavy atom. The summed E-state index contributed by atoms with van der Waals surface area (Å²) in [4.78, 5) is 6.89. The van der Waals surface area contributed by atoms with Crippen LogP contribution in [0.2, 0.25) is 5.02 Å². The Hall–Kier alpha value is -2.18. The molecule has 1 N–H and O–H groups in total. The van der Waals surface area contributed by atoms with Crippen molar-refractivity contribution in [3.05, 3.63) is 41.8 Å². The maximum absolute atomic E-state index is 5.96. The zero-order valence-electron chi connectivity index (χ0n) is 11.9. The van der Waals surface area contributed by atoms with Gasteiger partial charge in [-0.15, -0.1) is 10.2 Å². The fraction of sp³-hybridized carbons (Fsp3) is 0.267. The quantitative estimate of drug-likeness (QED) is 0.782. The average Bonchev–Trinajstić information content (AvgIpc) is 3.05. The molecule has 1 aliphatic heterocycles. The molecule has 1 fully saturated rings. The van der Waals surface area contributed by atoms with Crippen LogP contribution < -0.4 is 10.2 Å². The van der Waals surface area contributed by atoms with E-state index in [0.717, 1.165) is 48.9 Å². The highest BCUT2D eigenvalue weighted by molar-refractivity contribution is 6.30. The Kier molecular flexibility index (Phi) is 3.40. The third-order valence-corrected chi connectivity index (χ3v) is 4.12. The minimum Gasteiger partial charge on any atom is -0.351 e. The molecule has 1 saturated heterocycles. The van der Waals surface area contributed by atoms with Crippen LogP contribution in [-0.2, 0) is 0 Å². The molecule has 3 aromatic rings. The molecular formula is C15H15ClN6. The number of hydrogen-bond acceptors (Lipinski definition) is 5. The monoisotopic (exact) mass is 314 g/mol. The molecule has 22 heavy (non-hydrogen) atoms. The summed E-state index contributed by atoms with van der Waals surface area (Å²) in [5.41, 5.74) is 2.78. The molecule has 3 heterocycles. The number of benzene rings is 1. The molecule has 1 aliphatic rings. The maximum atomic E-state index is 5.96. The largest absolute Gasteiger partial charge is 0.351 e. The maximum Gasteiger partial charge on any atom is 0.204 e. The lowest BCUT2D eigenvalue weighted by molar-refractivity contribution is 0.585. The third-order valence-electron chi connectivity index (χ3n) is 3.87. The zero-order chi connectivity index (χ0) is 14.9. The van der Waals surface area contributed by atoms with Crippen LogP contribution >= 0.6 is 11.6 Å². The van der Waals surface area contributed by atoms with Gasteiger partial charge in [0.2, 0.25) is 5.65 Å². The van der Waals surface area contributed by atoms with Gasteiger partial charge < -0.3 is 10.2 Å². The summed E-state index contributed by atoms with van der Waals surface area (Å²) < 4.78 is 1.98. The van der Waals surface area contributed by atoms with E-state index in [1.54, 1.807) is 6.33 Å². The van der Waals surface area contributed by atoms with Crippen molar-refractivity contribution in [1.82, 2.24) is 24.9 Å². The van der Waals surface area contributed by atoms with E-state index >= 15 is 0 Å². The molecule has 0 spiro atoms. The summed E-state index contributed by atoms with van der Waals surface area (Å²) >= 11 is 5.96. The highest BCUT2D eigenvalue weighted by Crippen LogP contribution is 2.25. The van der Waals surface area contributed by atoms with Crippen LogP contribution in [0.5, 0.6) is 0 Å². The highest BCUT2D eigenvalue weighted by atomic mass is 35.5. The number of nitrogens with one attached hydrogen (secondary N) is 1. The summed E-state index contributed by atoms with van der Waals surface area (Å²) in [6.07, 6.45) is 3.60. The van der Waals surface area contributed by atoms with Crippen molar-refractivity contribution >= 4 is 23.1 Å². The molecule has 4 rings (SSSR count). The molecule has 0 unspecified atom stereocenters. The Balaban J connectivity index is 1.82. The minimum atomic E-state index is 0.717. The van der Waals surface area contributed by atoms with E-state index in [9.17, 15) is 0 Å². The van der Waals surface area contributed by atoms with Gasteiger partial charge in [-0.05, 0) is 12.1 Å². The Morgan fingerprint density at radius 1 is 1.09 bits per heavy atom. The molecule has 7 heteroatoms. The molecule has 2 aromatic heterocycles. The van der Waals surface area contributed by atoms with Crippen molar-refractivity contribution in [1.29, 1.82) is 0 Å². The predicted octanol–water partition coefficient (Wildman–Crippen LogP) is 1.85. The van der Waals surface area contributed by atoms with Gasteiger partial charge in [0.05, 0.1) is 11.9 Å². The molecule has 0 radical (unpaired) electrons. The van der Waals surface area contributed by atoms with Gasteiger partial charge in [0.15, 0.2) is 5.82 Å². The number of anilines is 1. The molecule has 0 atom stereocenters. The number of halogens is 1. The van der Waals surface area contributed by atoms with Crippen molar-refractivity contribution in [2.75, 3.05) is 31.1 Å². The molecule has 1 aromatic carbocycles. The van der Waals surface area contributed by atoms with Crippen LogP contribution in [0, 0.1) is 0 Å². The van der Waals surface area contributed by atoms with Crippen molar-refractivity contribution < 1.29 is 0 Å². The van der Waals surface area contributed by atoms with Crippen LogP contribution in [0.4, 0.5) is 5.82 Å². The highest BCUT2D eigenvalue weighted by Gasteiger charge is 2.18. The van der Waals surface area contributed by atoms with Crippen LogP contribution in [0.1, 0.15) is 0 Å². The van der Waals surface area contributed by atoms with Gasteiger partial charge in [0.1, 0.15) is 6.33 Å². The topological polar surface area (TPSA) is 58.4 Å². The molecule has 0 saturated carbocycles. The average molecular weight is 315 g/mol. The second kappa shape index (κ2) is 5.55. The fourth-order valence-electron chi connectivity index (χ4n) is 2.74. The van der Waals surface area contributed by atoms with Gasteiger partial charge in [0, 0.05) is 36.8 Å². The van der Waals surface area contributed by atoms with E-state index in [2.05, 4.69) is 25.4 Å². The van der Waals surface area contributed by atoms with Gasteiger partial charge in [-0.25, -0.2) is 4.98 Å². The second-order valence-electron chi connectivity index (χ2n) is 5.24. The summed E-state index contributed by atoms with van der Waals surface area (Å²) in [5.74, 6) is 0.886. The van der Waals surface area contributed by atoms with Crippen LogP contribution in [0.15, 0.2) is 36.8 Å². The summed E-state index contributed by atoms with van der Waals surface area (Å²) in [6.45, 7) is 3.77. The lowest BCUT2D eigenvalue weighted by Crippen LogP contribution is -2.44. The normalized spacial score (nSPS) is 15.4. The smallest absolute Gasteiger partial charge is 0.204 e. The first-order chi connectivity index (χ1) is 10.8. The van der Waals surface area contributed by atoms with E-state index < -0.39 is 0 Å². The van der Waals surface area contributed by atoms with Gasteiger partial charge in [-0.1, -0.05) is 23.7 Å². The Morgan fingerprint density at radius 2 is 1.86 bits per heavy atom. The van der Waals surface area contributed by atoms with Crippen molar-refractivity contribution in [2.24, 2.45) is 0 Å². The van der Waals surface area contributed by atoms with Gasteiger partial charge in [-0.3, -0.25) is 4.40 Å². The Bertz CT molecular complexity index is 791. The number of piperazine rings is 1. The zero-order valence-corrected chi connectivity index (χ0v) is 12.7. The Labute approximate surface area is 132 Å². The lowest BCUT2D eigenvalue weighted by atomic mass is 10.1. The molecule has 6 nitrogen and oxygen atoms in total. The number of hydrogen-bond donors (Lipinski definition) is 1. The molecule has 0 bridgehead atoms. The van der Waals surface area contributed by atoms with Crippen LogP contribution in [0.25, 0.3) is 16.9 Å². The summed E-state index contributed by atoms with van der Waals surface area (Å²) in [6, 6.07) is 7.70. The predicted molar refractivity (Wildman–Crippen MR) is 86.3 cm³/mol. The first-order valence-corrected chi connectivity index (χ1v) is 7.61. The third kappa shape index (κ3) is 2.30. The second-order valence-corrected chi connectivity index (χ2v) is 5.67. The van der Waals surface area contributed by atoms with E-state index in [0.29, 0.717) is 5.02 Å². The standard InChI is InChI=1S/C15H15ClN6/c16-12-3-1-11(2-4-12)13-9-18-14(15-20-19-10-22(13)15)21-7-5-17-6-8-21/h1-4,9-10,17H,5-8H2. The molecular weight excluding hydrogens is 300 g/mol. The van der Waals surface area contributed by atoms with Gasteiger partial charge >= 0.3 is 0 Å². The number of rotatable bonds is 2. The lowest BCUT2D eigenvalue weighted by Gasteiger charge is -2.28. The van der Waals surface area contributed by atoms with Crippen LogP contribution in [-0.4, -0.2) is 45.8 Å². The van der Waals surface area contributed by atoms with E-state index in [-0.39, 0.29) is 0 Å². The van der Waals surface area contributed by atoms with E-state index in [1.165, 1.54) is 0 Å². The van der Waals surface area contributed by atoms with Gasteiger partial charge in [-0.2, -0.15) is 0 Å². The molecule has 0 aliphatic carbocycles. The van der Waals surface area contributed by atoms with Crippen molar-refractivity contribution in [3.8, 4) is 11.3 Å². The van der Waals surface area contributed by atoms with Crippen LogP contribution in [0.3, 0.4) is 0 Å². The SMILES string of the molecule is Clc1ccc(-c2cnc(N3CCNCC3)c3nncn23)cc1. The summed E-state index contributed by atoms with van der Waals surface area (Å²) in [5, 5.41) is 12.4. The first kappa shape index (κ1) is 13.5. The number of aromatic nitrogens is 4.